The summed E-state index contributed by atoms with van der Waals surface area (Å²) in [6.45, 7) is 4.59. The predicted molar refractivity (Wildman–Crippen MR) is 75.6 cm³/mol. The second-order valence-corrected chi connectivity index (χ2v) is 4.10. The van der Waals surface area contributed by atoms with Crippen LogP contribution in [0.25, 0.3) is 0 Å². The molecule has 0 aliphatic rings. The molecule has 2 N–H and O–H groups in total. The van der Waals surface area contributed by atoms with Crippen LogP contribution < -0.4 is 10.5 Å². The van der Waals surface area contributed by atoms with E-state index in [2.05, 4.69) is 0 Å². The summed E-state index contributed by atoms with van der Waals surface area (Å²) in [6.07, 6.45) is 0. The molecule has 0 aliphatic heterocycles. The second-order valence-electron chi connectivity index (χ2n) is 4.10. The number of nitrogen functional groups attached to an aromatic ring is 1. The van der Waals surface area contributed by atoms with Crippen molar-refractivity contribution >= 4 is 17.6 Å². The van der Waals surface area contributed by atoms with Crippen molar-refractivity contribution in [1.82, 2.24) is 4.90 Å². The molecule has 1 aromatic carbocycles. The van der Waals surface area contributed by atoms with E-state index < -0.39 is 5.97 Å². The van der Waals surface area contributed by atoms with Crippen molar-refractivity contribution in [2.75, 3.05) is 32.5 Å². The number of carbonyl (C=O) groups is 2. The summed E-state index contributed by atoms with van der Waals surface area (Å²) >= 11 is 0. The van der Waals surface area contributed by atoms with Gasteiger partial charge in [-0.1, -0.05) is 0 Å². The van der Waals surface area contributed by atoms with Crippen molar-refractivity contribution in [3.8, 4) is 5.75 Å². The van der Waals surface area contributed by atoms with E-state index in [4.69, 9.17) is 15.2 Å². The van der Waals surface area contributed by atoms with Crippen molar-refractivity contribution in [3.63, 3.8) is 0 Å². The Morgan fingerprint density at radius 1 is 1.25 bits per heavy atom. The Hall–Kier alpha value is -2.24. The normalized spacial score (nSPS) is 9.95. The van der Waals surface area contributed by atoms with Crippen LogP contribution in [0, 0.1) is 0 Å². The Morgan fingerprint density at radius 3 is 2.45 bits per heavy atom. The highest BCUT2D eigenvalue weighted by molar-refractivity contribution is 5.94. The van der Waals surface area contributed by atoms with Gasteiger partial charge in [0, 0.05) is 18.8 Å². The zero-order valence-corrected chi connectivity index (χ0v) is 12.0. The van der Waals surface area contributed by atoms with Gasteiger partial charge in [0.1, 0.15) is 11.3 Å². The van der Waals surface area contributed by atoms with Crippen molar-refractivity contribution < 1.29 is 19.1 Å². The third-order valence-corrected chi connectivity index (χ3v) is 2.89. The standard InChI is InChI=1S/C14H20N2O4/c1-4-16(5-2)13(17)9-20-14(18)11-8-10(15)6-7-12(11)19-3/h6-8H,4-5,9,15H2,1-3H3. The number of nitrogens with two attached hydrogens (primary N) is 1. The van der Waals surface area contributed by atoms with E-state index in [-0.39, 0.29) is 18.1 Å². The van der Waals surface area contributed by atoms with Crippen LogP contribution in [-0.4, -0.2) is 43.6 Å². The summed E-state index contributed by atoms with van der Waals surface area (Å²) in [5, 5.41) is 0. The molecule has 110 valence electrons. The van der Waals surface area contributed by atoms with Crippen molar-refractivity contribution in [2.24, 2.45) is 0 Å². The maximum atomic E-state index is 12.0. The van der Waals surface area contributed by atoms with Gasteiger partial charge in [0.15, 0.2) is 6.61 Å². The SMILES string of the molecule is CCN(CC)C(=O)COC(=O)c1cc(N)ccc1OC. The van der Waals surface area contributed by atoms with Gasteiger partial charge in [-0.2, -0.15) is 0 Å². The summed E-state index contributed by atoms with van der Waals surface area (Å²) in [6, 6.07) is 4.66. The third-order valence-electron chi connectivity index (χ3n) is 2.89. The molecule has 0 bridgehead atoms. The van der Waals surface area contributed by atoms with Crippen molar-refractivity contribution in [2.45, 2.75) is 13.8 Å². The Bertz CT molecular complexity index is 484. The van der Waals surface area contributed by atoms with E-state index >= 15 is 0 Å². The number of amides is 1. The van der Waals surface area contributed by atoms with E-state index in [0.717, 1.165) is 0 Å². The van der Waals surface area contributed by atoms with Gasteiger partial charge in [-0.3, -0.25) is 4.79 Å². The van der Waals surface area contributed by atoms with Gasteiger partial charge in [-0.05, 0) is 32.0 Å². The quantitative estimate of drug-likeness (QED) is 0.627. The molecule has 1 aromatic rings. The van der Waals surface area contributed by atoms with Gasteiger partial charge >= 0.3 is 5.97 Å². The fraction of sp³-hybridized carbons (Fsp3) is 0.429. The minimum Gasteiger partial charge on any atom is -0.496 e. The molecule has 6 nitrogen and oxygen atoms in total. The van der Waals surface area contributed by atoms with Crippen LogP contribution in [-0.2, 0) is 9.53 Å². The van der Waals surface area contributed by atoms with E-state index in [9.17, 15) is 9.59 Å². The van der Waals surface area contributed by atoms with Gasteiger partial charge in [0.25, 0.3) is 5.91 Å². The number of carbonyl (C=O) groups excluding carboxylic acids is 2. The fourth-order valence-electron chi connectivity index (χ4n) is 1.76. The number of hydrogen-bond acceptors (Lipinski definition) is 5. The number of hydrogen-bond donors (Lipinski definition) is 1. The molecule has 6 heteroatoms. The summed E-state index contributed by atoms with van der Waals surface area (Å²) in [7, 11) is 1.45. The number of rotatable bonds is 6. The molecule has 0 saturated carbocycles. The molecule has 1 amide bonds. The molecule has 0 aliphatic carbocycles. The molecule has 0 fully saturated rings. The Balaban J connectivity index is 2.72. The number of anilines is 1. The summed E-state index contributed by atoms with van der Waals surface area (Å²) in [5.74, 6) is -0.500. The largest absolute Gasteiger partial charge is 0.496 e. The predicted octanol–water partition coefficient (Wildman–Crippen LogP) is 1.30. The molecule has 0 spiro atoms. The first-order valence-corrected chi connectivity index (χ1v) is 6.41. The number of benzene rings is 1. The average molecular weight is 280 g/mol. The van der Waals surface area contributed by atoms with E-state index in [1.54, 1.807) is 17.0 Å². The Labute approximate surface area is 118 Å². The molecule has 0 heterocycles. The molecule has 1 rings (SSSR count). The number of likely N-dealkylation sites (N-methyl/N-ethyl adjacent to an activating group) is 1. The van der Waals surface area contributed by atoms with Crippen LogP contribution in [0.1, 0.15) is 24.2 Å². The summed E-state index contributed by atoms with van der Waals surface area (Å²) < 4.78 is 10.1. The van der Waals surface area contributed by atoms with Crippen LogP contribution in [0.3, 0.4) is 0 Å². The highest BCUT2D eigenvalue weighted by Gasteiger charge is 2.17. The first kappa shape index (κ1) is 15.8. The highest BCUT2D eigenvalue weighted by atomic mass is 16.5. The molecule has 20 heavy (non-hydrogen) atoms. The first-order chi connectivity index (χ1) is 9.53. The fourth-order valence-corrected chi connectivity index (χ4v) is 1.76. The second kappa shape index (κ2) is 7.37. The number of esters is 1. The van der Waals surface area contributed by atoms with Crippen LogP contribution in [0.4, 0.5) is 5.69 Å². The van der Waals surface area contributed by atoms with Crippen LogP contribution in [0.2, 0.25) is 0 Å². The number of nitrogens with zero attached hydrogens (tertiary/aromatic N) is 1. The lowest BCUT2D eigenvalue weighted by atomic mass is 10.2. The topological polar surface area (TPSA) is 81.9 Å². The monoisotopic (exact) mass is 280 g/mol. The third kappa shape index (κ3) is 3.88. The maximum Gasteiger partial charge on any atom is 0.342 e. The summed E-state index contributed by atoms with van der Waals surface area (Å²) in [5.41, 5.74) is 6.26. The molecule has 0 unspecified atom stereocenters. The lowest BCUT2D eigenvalue weighted by Gasteiger charge is -2.18. The van der Waals surface area contributed by atoms with Crippen LogP contribution in [0.15, 0.2) is 18.2 Å². The number of methoxy groups -OCH3 is 1. The van der Waals surface area contributed by atoms with Crippen molar-refractivity contribution in [3.05, 3.63) is 23.8 Å². The Kier molecular flexibility index (Phi) is 5.83. The zero-order valence-electron chi connectivity index (χ0n) is 12.0. The molecule has 0 saturated heterocycles. The van der Waals surface area contributed by atoms with Gasteiger partial charge < -0.3 is 20.1 Å². The maximum absolute atomic E-state index is 12.0. The highest BCUT2D eigenvalue weighted by Crippen LogP contribution is 2.21. The molecular formula is C14H20N2O4. The minimum absolute atomic E-state index is 0.208. The van der Waals surface area contributed by atoms with Crippen LogP contribution >= 0.6 is 0 Å². The van der Waals surface area contributed by atoms with E-state index in [1.165, 1.54) is 13.2 Å². The van der Waals surface area contributed by atoms with Gasteiger partial charge in [-0.15, -0.1) is 0 Å². The molecule has 0 aromatic heterocycles. The molecule has 0 radical (unpaired) electrons. The minimum atomic E-state index is -0.630. The number of ether oxygens (including phenoxy) is 2. The van der Waals surface area contributed by atoms with Gasteiger partial charge in [0.2, 0.25) is 0 Å². The van der Waals surface area contributed by atoms with E-state index in [1.807, 2.05) is 13.8 Å². The average Bonchev–Trinajstić information content (AvgIpc) is 2.46. The van der Waals surface area contributed by atoms with Crippen LogP contribution in [0.5, 0.6) is 5.75 Å². The molecular weight excluding hydrogens is 260 g/mol. The van der Waals surface area contributed by atoms with E-state index in [0.29, 0.717) is 24.5 Å². The lowest BCUT2D eigenvalue weighted by molar-refractivity contribution is -0.134. The van der Waals surface area contributed by atoms with Gasteiger partial charge in [0.05, 0.1) is 7.11 Å². The van der Waals surface area contributed by atoms with Gasteiger partial charge in [-0.25, -0.2) is 4.79 Å². The summed E-state index contributed by atoms with van der Waals surface area (Å²) in [4.78, 5) is 25.3. The Morgan fingerprint density at radius 2 is 1.90 bits per heavy atom. The van der Waals surface area contributed by atoms with Crippen molar-refractivity contribution in [1.29, 1.82) is 0 Å². The molecule has 0 atom stereocenters. The first-order valence-electron chi connectivity index (χ1n) is 6.41. The zero-order chi connectivity index (χ0) is 15.1. The lowest BCUT2D eigenvalue weighted by Crippen LogP contribution is -2.34. The smallest absolute Gasteiger partial charge is 0.342 e.